The van der Waals surface area contributed by atoms with Crippen molar-refractivity contribution in [1.29, 1.82) is 0 Å². The van der Waals surface area contributed by atoms with E-state index in [9.17, 15) is 5.11 Å². The van der Waals surface area contributed by atoms with Gasteiger partial charge in [0.25, 0.3) is 0 Å². The third-order valence-electron chi connectivity index (χ3n) is 5.62. The number of aromatic amines is 1. The molecule has 2 aromatic carbocycles. The maximum absolute atomic E-state index is 10.5. The summed E-state index contributed by atoms with van der Waals surface area (Å²) in [6.07, 6.45) is 3.45. The third-order valence-corrected chi connectivity index (χ3v) is 5.62. The lowest BCUT2D eigenvalue weighted by Gasteiger charge is -2.28. The summed E-state index contributed by atoms with van der Waals surface area (Å²) >= 11 is 0. The van der Waals surface area contributed by atoms with E-state index >= 15 is 0 Å². The average molecular weight is 395 g/mol. The number of ether oxygens (including phenoxy) is 1. The first-order valence-electron chi connectivity index (χ1n) is 10.6. The molecule has 4 heteroatoms. The largest absolute Gasteiger partial charge is 0.491 e. The molecule has 0 saturated carbocycles. The molecule has 3 aromatic rings. The van der Waals surface area contributed by atoms with Crippen LogP contribution in [0.5, 0.6) is 5.75 Å². The van der Waals surface area contributed by atoms with Crippen LogP contribution in [-0.2, 0) is 6.42 Å². The van der Waals surface area contributed by atoms with Gasteiger partial charge in [-0.3, -0.25) is 0 Å². The summed E-state index contributed by atoms with van der Waals surface area (Å²) in [5.74, 6) is 1.32. The van der Waals surface area contributed by atoms with Gasteiger partial charge in [-0.25, -0.2) is 0 Å². The van der Waals surface area contributed by atoms with Crippen molar-refractivity contribution in [3.63, 3.8) is 0 Å². The fourth-order valence-corrected chi connectivity index (χ4v) is 3.69. The van der Waals surface area contributed by atoms with E-state index in [1.165, 1.54) is 16.5 Å². The number of aliphatic hydroxyl groups excluding tert-OH is 1. The van der Waals surface area contributed by atoms with Gasteiger partial charge in [-0.15, -0.1) is 0 Å². The summed E-state index contributed by atoms with van der Waals surface area (Å²) in [5, 5.41) is 15.2. The number of aliphatic hydroxyl groups is 1. The van der Waals surface area contributed by atoms with Gasteiger partial charge in [0.05, 0.1) is 0 Å². The van der Waals surface area contributed by atoms with Crippen LogP contribution in [0.4, 0.5) is 0 Å². The summed E-state index contributed by atoms with van der Waals surface area (Å²) in [6.45, 7) is 9.48. The highest BCUT2D eigenvalue weighted by atomic mass is 16.5. The predicted molar refractivity (Wildman–Crippen MR) is 121 cm³/mol. The minimum Gasteiger partial charge on any atom is -0.491 e. The molecular formula is C25H34N2O2. The van der Waals surface area contributed by atoms with Crippen LogP contribution in [0, 0.1) is 0 Å². The minimum atomic E-state index is -0.567. The molecule has 3 rings (SSSR count). The number of hydrogen-bond acceptors (Lipinski definition) is 3. The molecule has 0 saturated heterocycles. The lowest BCUT2D eigenvalue weighted by Crippen LogP contribution is -2.46. The minimum absolute atomic E-state index is 0.138. The van der Waals surface area contributed by atoms with Gasteiger partial charge in [-0.2, -0.15) is 0 Å². The molecule has 0 spiro atoms. The maximum Gasteiger partial charge on any atom is 0.122 e. The number of benzene rings is 2. The Morgan fingerprint density at radius 1 is 1.10 bits per heavy atom. The number of para-hydroxylation sites is 2. The van der Waals surface area contributed by atoms with Gasteiger partial charge in [0.2, 0.25) is 0 Å². The Morgan fingerprint density at radius 3 is 2.62 bits per heavy atom. The summed E-state index contributed by atoms with van der Waals surface area (Å²) < 4.78 is 5.96. The summed E-state index contributed by atoms with van der Waals surface area (Å²) in [7, 11) is 0. The van der Waals surface area contributed by atoms with E-state index < -0.39 is 6.10 Å². The Kier molecular flexibility index (Phi) is 6.99. The quantitative estimate of drug-likeness (QED) is 0.452. The lowest BCUT2D eigenvalue weighted by molar-refractivity contribution is 0.0982. The van der Waals surface area contributed by atoms with E-state index in [2.05, 4.69) is 68.5 Å². The molecule has 1 heterocycles. The number of β-amino-alcohol motifs (C(OH)–C–C–N with tert-alkyl or cyclic N) is 1. The van der Waals surface area contributed by atoms with Crippen LogP contribution in [0.15, 0.2) is 54.7 Å². The van der Waals surface area contributed by atoms with E-state index in [1.54, 1.807) is 0 Å². The Bertz CT molecular complexity index is 916. The van der Waals surface area contributed by atoms with Crippen LogP contribution in [0.2, 0.25) is 0 Å². The lowest BCUT2D eigenvalue weighted by atomic mass is 9.94. The topological polar surface area (TPSA) is 57.3 Å². The molecule has 0 amide bonds. The molecule has 0 aliphatic heterocycles. The molecule has 156 valence electrons. The Morgan fingerprint density at radius 2 is 1.83 bits per heavy atom. The van der Waals surface area contributed by atoms with Gasteiger partial charge in [0.15, 0.2) is 0 Å². The first-order valence-corrected chi connectivity index (χ1v) is 10.6. The van der Waals surface area contributed by atoms with Crippen molar-refractivity contribution >= 4 is 10.9 Å². The molecule has 0 aliphatic rings. The number of fused-ring (bicyclic) bond motifs is 1. The number of hydrogen-bond donors (Lipinski definition) is 3. The number of aromatic nitrogens is 1. The number of H-pyrrole nitrogens is 1. The van der Waals surface area contributed by atoms with E-state index in [4.69, 9.17) is 4.74 Å². The maximum atomic E-state index is 10.5. The van der Waals surface area contributed by atoms with Crippen molar-refractivity contribution in [1.82, 2.24) is 10.3 Å². The zero-order valence-corrected chi connectivity index (χ0v) is 18.0. The summed E-state index contributed by atoms with van der Waals surface area (Å²) in [6, 6.07) is 16.5. The van der Waals surface area contributed by atoms with Crippen molar-refractivity contribution in [3.05, 3.63) is 65.9 Å². The number of nitrogens with one attached hydrogen (secondary N) is 2. The second kappa shape index (κ2) is 9.47. The van der Waals surface area contributed by atoms with E-state index in [0.717, 1.165) is 24.1 Å². The van der Waals surface area contributed by atoms with Gasteiger partial charge in [-0.05, 0) is 55.9 Å². The third kappa shape index (κ3) is 5.62. The van der Waals surface area contributed by atoms with Gasteiger partial charge in [-0.1, -0.05) is 50.2 Å². The molecule has 29 heavy (non-hydrogen) atoms. The van der Waals surface area contributed by atoms with E-state index in [1.807, 2.05) is 24.3 Å². The molecular weight excluding hydrogens is 360 g/mol. The van der Waals surface area contributed by atoms with Crippen molar-refractivity contribution in [2.45, 2.75) is 58.1 Å². The zero-order valence-electron chi connectivity index (χ0n) is 18.0. The molecule has 0 fully saturated rings. The van der Waals surface area contributed by atoms with Crippen LogP contribution in [0.1, 0.15) is 51.2 Å². The van der Waals surface area contributed by atoms with Gasteiger partial charge < -0.3 is 20.1 Å². The van der Waals surface area contributed by atoms with Crippen molar-refractivity contribution in [2.75, 3.05) is 13.2 Å². The first kappa shape index (κ1) is 21.4. The predicted octanol–water partition coefficient (Wildman–Crippen LogP) is 5.03. The molecule has 3 N–H and O–H groups in total. The first-order chi connectivity index (χ1) is 13.9. The van der Waals surface area contributed by atoms with Crippen LogP contribution >= 0.6 is 0 Å². The molecule has 0 aliphatic carbocycles. The van der Waals surface area contributed by atoms with E-state index in [-0.39, 0.29) is 12.1 Å². The molecule has 0 radical (unpaired) electrons. The van der Waals surface area contributed by atoms with Crippen LogP contribution in [0.25, 0.3) is 10.9 Å². The molecule has 4 nitrogen and oxygen atoms in total. The Labute approximate surface area is 174 Å². The van der Waals surface area contributed by atoms with Crippen molar-refractivity contribution < 1.29 is 9.84 Å². The molecule has 2 atom stereocenters. The number of rotatable bonds is 10. The SMILES string of the molecule is CCC(C)c1ccccc1OCC(O)CNC(C)(C)Cc1c[nH]c2ccccc12. The molecule has 0 bridgehead atoms. The Hall–Kier alpha value is -2.30. The van der Waals surface area contributed by atoms with Crippen molar-refractivity contribution in [3.8, 4) is 5.75 Å². The highest BCUT2D eigenvalue weighted by Gasteiger charge is 2.21. The van der Waals surface area contributed by atoms with Crippen LogP contribution < -0.4 is 10.1 Å². The standard InChI is InChI=1S/C25H34N2O2/c1-5-18(2)21-10-7-9-13-24(21)29-17-20(28)16-27-25(3,4)14-19-15-26-23-12-8-6-11-22(19)23/h6-13,15,18,20,26-28H,5,14,16-17H2,1-4H3. The average Bonchev–Trinajstić information content (AvgIpc) is 3.12. The van der Waals surface area contributed by atoms with Crippen LogP contribution in [-0.4, -0.2) is 34.9 Å². The highest BCUT2D eigenvalue weighted by molar-refractivity contribution is 5.83. The summed E-state index contributed by atoms with van der Waals surface area (Å²) in [4.78, 5) is 3.34. The van der Waals surface area contributed by atoms with Crippen molar-refractivity contribution in [2.24, 2.45) is 0 Å². The second-order valence-corrected chi connectivity index (χ2v) is 8.61. The molecule has 1 aromatic heterocycles. The van der Waals surface area contributed by atoms with E-state index in [0.29, 0.717) is 12.5 Å². The second-order valence-electron chi connectivity index (χ2n) is 8.61. The highest BCUT2D eigenvalue weighted by Crippen LogP contribution is 2.28. The smallest absolute Gasteiger partial charge is 0.122 e. The zero-order chi connectivity index (χ0) is 20.9. The van der Waals surface area contributed by atoms with Gasteiger partial charge in [0.1, 0.15) is 18.5 Å². The van der Waals surface area contributed by atoms with Gasteiger partial charge >= 0.3 is 0 Å². The fourth-order valence-electron chi connectivity index (χ4n) is 3.69. The molecule has 2 unspecified atom stereocenters. The normalized spacial score (nSPS) is 14.1. The fraction of sp³-hybridized carbons (Fsp3) is 0.440. The van der Waals surface area contributed by atoms with Crippen LogP contribution in [0.3, 0.4) is 0 Å². The Balaban J connectivity index is 1.53. The van der Waals surface area contributed by atoms with Gasteiger partial charge in [0, 0.05) is 29.2 Å². The monoisotopic (exact) mass is 394 g/mol. The summed E-state index contributed by atoms with van der Waals surface area (Å²) in [5.41, 5.74) is 3.51.